The minimum absolute atomic E-state index is 0.0496. The minimum atomic E-state index is -1.35. The van der Waals surface area contributed by atoms with Crippen molar-refractivity contribution in [3.05, 3.63) is 40.1 Å². The molecule has 7 nitrogen and oxygen atoms in total. The number of fused-ring (bicyclic) bond motifs is 3. The molecular formula is C17H16O7. The summed E-state index contributed by atoms with van der Waals surface area (Å²) in [5.74, 6) is -2.13. The lowest BCUT2D eigenvalue weighted by molar-refractivity contribution is -0.266. The first-order valence-corrected chi connectivity index (χ1v) is 7.33. The summed E-state index contributed by atoms with van der Waals surface area (Å²) < 4.78 is 21.4. The van der Waals surface area contributed by atoms with Gasteiger partial charge in [-0.3, -0.25) is 4.79 Å². The summed E-state index contributed by atoms with van der Waals surface area (Å²) in [7, 11) is 1.22. The van der Waals surface area contributed by atoms with E-state index in [1.54, 1.807) is 26.0 Å². The van der Waals surface area contributed by atoms with Gasteiger partial charge in [0.2, 0.25) is 5.43 Å². The quantitative estimate of drug-likeness (QED) is 0.861. The lowest BCUT2D eigenvalue weighted by Crippen LogP contribution is -2.38. The Bertz CT molecular complexity index is 890. The summed E-state index contributed by atoms with van der Waals surface area (Å²) in [5, 5.41) is 10.5. The molecule has 1 aliphatic heterocycles. The van der Waals surface area contributed by atoms with Crippen LogP contribution in [0.3, 0.4) is 0 Å². The van der Waals surface area contributed by atoms with Crippen LogP contribution in [0.15, 0.2) is 29.1 Å². The standard InChI is InChI=1S/C17H16O7/c1-4-22-17(2)23-12-6-5-9-7-10(16(20)21-3)8-11(18)14(19)13(9)15(12)24-17/h5-8H,4H2,1-3H3,(H,18,19). The van der Waals surface area contributed by atoms with Crippen LogP contribution in [0.2, 0.25) is 0 Å². The summed E-state index contributed by atoms with van der Waals surface area (Å²) in [6.07, 6.45) is 0. The zero-order valence-electron chi connectivity index (χ0n) is 13.4. The van der Waals surface area contributed by atoms with Crippen molar-refractivity contribution in [1.82, 2.24) is 0 Å². The third-order valence-corrected chi connectivity index (χ3v) is 3.63. The average molecular weight is 332 g/mol. The van der Waals surface area contributed by atoms with Gasteiger partial charge in [-0.15, -0.1) is 0 Å². The van der Waals surface area contributed by atoms with Gasteiger partial charge in [0.05, 0.1) is 24.7 Å². The number of carbonyl (C=O) groups is 1. The van der Waals surface area contributed by atoms with Crippen LogP contribution < -0.4 is 14.9 Å². The van der Waals surface area contributed by atoms with E-state index in [2.05, 4.69) is 4.74 Å². The highest BCUT2D eigenvalue weighted by Gasteiger charge is 2.39. The zero-order chi connectivity index (χ0) is 17.5. The number of benzene rings is 1. The van der Waals surface area contributed by atoms with E-state index in [1.165, 1.54) is 13.2 Å². The fourth-order valence-corrected chi connectivity index (χ4v) is 2.63. The number of methoxy groups -OCH3 is 1. The predicted octanol–water partition coefficient (Wildman–Crippen LogP) is 2.17. The molecule has 1 atom stereocenters. The van der Waals surface area contributed by atoms with Crippen molar-refractivity contribution >= 4 is 16.7 Å². The molecule has 0 spiro atoms. The molecule has 2 aromatic carbocycles. The number of aromatic hydroxyl groups is 1. The molecular weight excluding hydrogens is 316 g/mol. The van der Waals surface area contributed by atoms with Gasteiger partial charge in [-0.2, -0.15) is 0 Å². The Hall–Kier alpha value is -2.80. The minimum Gasteiger partial charge on any atom is -0.504 e. The van der Waals surface area contributed by atoms with Crippen LogP contribution in [0.5, 0.6) is 17.2 Å². The molecule has 0 radical (unpaired) electrons. The second kappa shape index (κ2) is 5.68. The summed E-state index contributed by atoms with van der Waals surface area (Å²) in [4.78, 5) is 24.3. The van der Waals surface area contributed by atoms with Crippen LogP contribution in [0.4, 0.5) is 0 Å². The molecule has 0 aromatic heterocycles. The number of rotatable bonds is 3. The second-order valence-electron chi connectivity index (χ2n) is 5.31. The largest absolute Gasteiger partial charge is 0.504 e. The number of hydrogen-bond acceptors (Lipinski definition) is 7. The van der Waals surface area contributed by atoms with Gasteiger partial charge in [0, 0.05) is 6.92 Å². The van der Waals surface area contributed by atoms with Gasteiger partial charge in [0.1, 0.15) is 0 Å². The first-order valence-electron chi connectivity index (χ1n) is 7.33. The lowest BCUT2D eigenvalue weighted by Gasteiger charge is -2.21. The molecule has 0 bridgehead atoms. The van der Waals surface area contributed by atoms with E-state index in [0.717, 1.165) is 6.07 Å². The van der Waals surface area contributed by atoms with Gasteiger partial charge in [-0.1, -0.05) is 6.07 Å². The fraction of sp³-hybridized carbons (Fsp3) is 0.294. The molecule has 24 heavy (non-hydrogen) atoms. The maximum atomic E-state index is 12.5. The molecule has 7 heteroatoms. The zero-order valence-corrected chi connectivity index (χ0v) is 13.4. The maximum Gasteiger partial charge on any atom is 0.368 e. The summed E-state index contributed by atoms with van der Waals surface area (Å²) in [5.41, 5.74) is -0.630. The highest BCUT2D eigenvalue weighted by Crippen LogP contribution is 2.44. The van der Waals surface area contributed by atoms with Gasteiger partial charge in [-0.25, -0.2) is 4.79 Å². The summed E-state index contributed by atoms with van der Waals surface area (Å²) in [6.45, 7) is 3.71. The van der Waals surface area contributed by atoms with Gasteiger partial charge >= 0.3 is 11.9 Å². The Morgan fingerprint density at radius 1 is 1.29 bits per heavy atom. The van der Waals surface area contributed by atoms with Gasteiger partial charge in [0.15, 0.2) is 17.2 Å². The van der Waals surface area contributed by atoms with E-state index in [-0.39, 0.29) is 16.7 Å². The average Bonchev–Trinajstić information content (AvgIpc) is 2.82. The van der Waals surface area contributed by atoms with Gasteiger partial charge in [-0.05, 0) is 30.5 Å². The van der Waals surface area contributed by atoms with Crippen molar-refractivity contribution in [2.45, 2.75) is 19.8 Å². The normalized spacial score (nSPS) is 18.6. The molecule has 3 rings (SSSR count). The summed E-state index contributed by atoms with van der Waals surface area (Å²) >= 11 is 0. The van der Waals surface area contributed by atoms with Crippen molar-refractivity contribution < 1.29 is 28.8 Å². The topological polar surface area (TPSA) is 91.3 Å². The molecule has 0 amide bonds. The molecule has 2 aromatic rings. The Kier molecular flexibility index (Phi) is 3.81. The van der Waals surface area contributed by atoms with E-state index >= 15 is 0 Å². The van der Waals surface area contributed by atoms with Crippen LogP contribution >= 0.6 is 0 Å². The van der Waals surface area contributed by atoms with Crippen molar-refractivity contribution in [2.75, 3.05) is 13.7 Å². The first kappa shape index (κ1) is 16.1. The Morgan fingerprint density at radius 3 is 2.71 bits per heavy atom. The Morgan fingerprint density at radius 2 is 2.04 bits per heavy atom. The van der Waals surface area contributed by atoms with Crippen molar-refractivity contribution in [1.29, 1.82) is 0 Å². The molecule has 1 aliphatic rings. The van der Waals surface area contributed by atoms with Crippen LogP contribution in [0.25, 0.3) is 10.8 Å². The van der Waals surface area contributed by atoms with Crippen molar-refractivity contribution in [2.24, 2.45) is 0 Å². The number of esters is 1. The molecule has 1 heterocycles. The maximum absolute atomic E-state index is 12.5. The van der Waals surface area contributed by atoms with Gasteiger partial charge < -0.3 is 24.1 Å². The number of ether oxygens (including phenoxy) is 4. The number of hydrogen-bond donors (Lipinski definition) is 1. The van der Waals surface area contributed by atoms with E-state index in [0.29, 0.717) is 17.7 Å². The molecule has 0 aliphatic carbocycles. The van der Waals surface area contributed by atoms with E-state index < -0.39 is 23.1 Å². The van der Waals surface area contributed by atoms with E-state index in [4.69, 9.17) is 14.2 Å². The Labute approximate surface area is 137 Å². The summed E-state index contributed by atoms with van der Waals surface area (Å²) in [6, 6.07) is 5.72. The molecule has 0 saturated carbocycles. The highest BCUT2D eigenvalue weighted by atomic mass is 16.9. The Balaban J connectivity index is 2.29. The SMILES string of the molecule is CCOC1(C)Oc2ccc3cc(C(=O)OC)cc(O)c(=O)c3c2O1. The second-order valence-corrected chi connectivity index (χ2v) is 5.31. The smallest absolute Gasteiger partial charge is 0.368 e. The van der Waals surface area contributed by atoms with Crippen molar-refractivity contribution in [3.63, 3.8) is 0 Å². The van der Waals surface area contributed by atoms with Gasteiger partial charge in [0.25, 0.3) is 0 Å². The van der Waals surface area contributed by atoms with Crippen LogP contribution in [-0.4, -0.2) is 30.8 Å². The molecule has 1 unspecified atom stereocenters. The van der Waals surface area contributed by atoms with Crippen LogP contribution in [0, 0.1) is 0 Å². The predicted molar refractivity (Wildman–Crippen MR) is 84.5 cm³/mol. The molecule has 0 fully saturated rings. The first-order chi connectivity index (χ1) is 11.4. The molecule has 126 valence electrons. The third-order valence-electron chi connectivity index (χ3n) is 3.63. The number of carbonyl (C=O) groups excluding carboxylic acids is 1. The van der Waals surface area contributed by atoms with Crippen LogP contribution in [-0.2, 0) is 9.47 Å². The fourth-order valence-electron chi connectivity index (χ4n) is 2.63. The molecule has 0 saturated heterocycles. The van der Waals surface area contributed by atoms with E-state index in [1.807, 2.05) is 0 Å². The van der Waals surface area contributed by atoms with Crippen molar-refractivity contribution in [3.8, 4) is 17.2 Å². The van der Waals surface area contributed by atoms with E-state index in [9.17, 15) is 14.7 Å². The lowest BCUT2D eigenvalue weighted by atomic mass is 10.1. The highest BCUT2D eigenvalue weighted by molar-refractivity contribution is 5.97. The third kappa shape index (κ3) is 2.52. The molecule has 1 N–H and O–H groups in total. The van der Waals surface area contributed by atoms with Crippen LogP contribution in [0.1, 0.15) is 24.2 Å². The monoisotopic (exact) mass is 332 g/mol.